The van der Waals surface area contributed by atoms with Crippen molar-refractivity contribution in [3.63, 3.8) is 0 Å². The fourth-order valence-corrected chi connectivity index (χ4v) is 5.59. The molecule has 0 saturated carbocycles. The monoisotopic (exact) mass is 429 g/mol. The molecule has 8 heteroatoms. The van der Waals surface area contributed by atoms with Crippen LogP contribution < -0.4 is 10.1 Å². The maximum atomic E-state index is 12.8. The van der Waals surface area contributed by atoms with Gasteiger partial charge in [0, 0.05) is 16.3 Å². The lowest BCUT2D eigenvalue weighted by Gasteiger charge is -2.31. The number of thioether (sulfide) groups is 1. The number of nitrogens with zero attached hydrogens (tertiary/aromatic N) is 2. The second-order valence-corrected chi connectivity index (χ2v) is 9.16. The van der Waals surface area contributed by atoms with Crippen LogP contribution in [-0.2, 0) is 5.60 Å². The van der Waals surface area contributed by atoms with Gasteiger partial charge in [0.25, 0.3) is 0 Å². The number of piperidine rings is 1. The van der Waals surface area contributed by atoms with E-state index in [0.717, 1.165) is 39.6 Å². The van der Waals surface area contributed by atoms with Crippen LogP contribution in [0.2, 0.25) is 0 Å². The third-order valence-electron chi connectivity index (χ3n) is 5.09. The normalized spacial score (nSPS) is 16.1. The predicted molar refractivity (Wildman–Crippen MR) is 116 cm³/mol. The van der Waals surface area contributed by atoms with E-state index >= 15 is 0 Å². The number of aryl methyl sites for hydroxylation is 1. The first-order chi connectivity index (χ1) is 14.0. The fraction of sp³-hybridized carbons (Fsp3) is 0.381. The third kappa shape index (κ3) is 4.30. The number of aromatic nitrogens is 2. The number of hydrogen-bond acceptors (Lipinski definition) is 8. The van der Waals surface area contributed by atoms with E-state index in [-0.39, 0.29) is 11.5 Å². The van der Waals surface area contributed by atoms with Gasteiger partial charge in [0.1, 0.15) is 22.2 Å². The Morgan fingerprint density at radius 2 is 2.07 bits per heavy atom. The van der Waals surface area contributed by atoms with Crippen LogP contribution in [0.15, 0.2) is 35.4 Å². The van der Waals surface area contributed by atoms with E-state index in [1.54, 1.807) is 7.11 Å². The number of ether oxygens (including phenoxy) is 1. The van der Waals surface area contributed by atoms with Crippen LogP contribution in [-0.4, -0.2) is 46.8 Å². The van der Waals surface area contributed by atoms with Gasteiger partial charge in [-0.05, 0) is 57.1 Å². The van der Waals surface area contributed by atoms with E-state index in [9.17, 15) is 9.90 Å². The van der Waals surface area contributed by atoms with Crippen LogP contribution in [0.5, 0.6) is 5.75 Å². The first-order valence-electron chi connectivity index (χ1n) is 9.50. The summed E-state index contributed by atoms with van der Waals surface area (Å²) in [6, 6.07) is 9.40. The highest BCUT2D eigenvalue weighted by molar-refractivity contribution is 8.00. The Hall–Kier alpha value is -2.00. The standard InChI is InChI=1S/C21H23N3O3S2/c1-13-23-16-11-14(27-2)3-4-15(16)20(24-13)28-12-17(25)18-5-6-19(29-18)21(26)7-9-22-10-8-21/h3-6,11,22,26H,7-10,12H2,1-2H3. The predicted octanol–water partition coefficient (Wildman–Crippen LogP) is 3.55. The number of fused-ring (bicyclic) bond motifs is 1. The number of benzene rings is 1. The molecule has 1 saturated heterocycles. The summed E-state index contributed by atoms with van der Waals surface area (Å²) in [6.07, 6.45) is 1.34. The van der Waals surface area contributed by atoms with Gasteiger partial charge in [-0.15, -0.1) is 11.3 Å². The average molecular weight is 430 g/mol. The van der Waals surface area contributed by atoms with Crippen molar-refractivity contribution in [2.45, 2.75) is 30.4 Å². The van der Waals surface area contributed by atoms with Gasteiger partial charge >= 0.3 is 0 Å². The Balaban J connectivity index is 1.50. The molecule has 29 heavy (non-hydrogen) atoms. The molecule has 1 aliphatic rings. The van der Waals surface area contributed by atoms with Gasteiger partial charge in [-0.25, -0.2) is 9.97 Å². The smallest absolute Gasteiger partial charge is 0.183 e. The third-order valence-corrected chi connectivity index (χ3v) is 7.40. The number of aliphatic hydroxyl groups is 1. The zero-order valence-corrected chi connectivity index (χ0v) is 18.0. The Labute approximate surface area is 177 Å². The molecule has 2 aromatic heterocycles. The first-order valence-corrected chi connectivity index (χ1v) is 11.3. The van der Waals surface area contributed by atoms with Crippen LogP contribution in [0.1, 0.15) is 33.2 Å². The van der Waals surface area contributed by atoms with E-state index in [4.69, 9.17) is 4.74 Å². The number of hydrogen-bond donors (Lipinski definition) is 2. The van der Waals surface area contributed by atoms with Gasteiger partial charge in [0.2, 0.25) is 0 Å². The molecule has 0 aliphatic carbocycles. The van der Waals surface area contributed by atoms with Crippen LogP contribution in [0.25, 0.3) is 10.9 Å². The summed E-state index contributed by atoms with van der Waals surface area (Å²) in [5.74, 6) is 1.73. The first kappa shape index (κ1) is 20.3. The number of thiophene rings is 1. The van der Waals surface area contributed by atoms with Crippen LogP contribution in [0.4, 0.5) is 0 Å². The highest BCUT2D eigenvalue weighted by atomic mass is 32.2. The van der Waals surface area contributed by atoms with Crippen LogP contribution in [0.3, 0.4) is 0 Å². The summed E-state index contributed by atoms with van der Waals surface area (Å²) >= 11 is 2.82. The lowest BCUT2D eigenvalue weighted by molar-refractivity contribution is 0.00944. The molecule has 6 nitrogen and oxygen atoms in total. The molecule has 3 aromatic rings. The highest BCUT2D eigenvalue weighted by Gasteiger charge is 2.33. The maximum Gasteiger partial charge on any atom is 0.183 e. The van der Waals surface area contributed by atoms with Gasteiger partial charge < -0.3 is 15.2 Å². The van der Waals surface area contributed by atoms with E-state index in [2.05, 4.69) is 15.3 Å². The Kier molecular flexibility index (Phi) is 5.87. The van der Waals surface area contributed by atoms with Gasteiger partial charge in [-0.1, -0.05) is 11.8 Å². The molecule has 1 aliphatic heterocycles. The minimum atomic E-state index is -0.819. The van der Waals surface area contributed by atoms with Crippen molar-refractivity contribution in [1.29, 1.82) is 0 Å². The zero-order valence-electron chi connectivity index (χ0n) is 16.4. The summed E-state index contributed by atoms with van der Waals surface area (Å²) in [6.45, 7) is 3.42. The van der Waals surface area contributed by atoms with Crippen molar-refractivity contribution in [1.82, 2.24) is 15.3 Å². The lowest BCUT2D eigenvalue weighted by Crippen LogP contribution is -2.39. The number of carbonyl (C=O) groups is 1. The number of Topliss-reactive ketones (excluding diaryl/α,β-unsaturated/α-hetero) is 1. The number of ketones is 1. The van der Waals surface area contributed by atoms with Gasteiger partial charge in [-0.3, -0.25) is 4.79 Å². The van der Waals surface area contributed by atoms with Crippen LogP contribution in [0, 0.1) is 6.92 Å². The SMILES string of the molecule is COc1ccc2c(SCC(=O)c3ccc(C4(O)CCNCC4)s3)nc(C)nc2c1. The Morgan fingerprint density at radius 3 is 2.83 bits per heavy atom. The van der Waals surface area contributed by atoms with E-state index in [1.807, 2.05) is 37.3 Å². The molecule has 3 heterocycles. The number of nitrogens with one attached hydrogen (secondary N) is 1. The molecule has 2 N–H and O–H groups in total. The summed E-state index contributed by atoms with van der Waals surface area (Å²) in [7, 11) is 1.62. The zero-order chi connectivity index (χ0) is 20.4. The minimum absolute atomic E-state index is 0.0433. The molecule has 0 atom stereocenters. The van der Waals surface area contributed by atoms with Crippen molar-refractivity contribution < 1.29 is 14.6 Å². The maximum absolute atomic E-state index is 12.8. The lowest BCUT2D eigenvalue weighted by atomic mass is 9.91. The van der Waals surface area contributed by atoms with Gasteiger partial charge in [-0.2, -0.15) is 0 Å². The summed E-state index contributed by atoms with van der Waals surface area (Å²) < 4.78 is 5.27. The van der Waals surface area contributed by atoms with Crippen molar-refractivity contribution >= 4 is 39.8 Å². The van der Waals surface area contributed by atoms with Crippen molar-refractivity contribution in [3.8, 4) is 5.75 Å². The molecule has 0 radical (unpaired) electrons. The summed E-state index contributed by atoms with van der Waals surface area (Å²) in [5.41, 5.74) is -0.0148. The molecular formula is C21H23N3O3S2. The Bertz CT molecular complexity index is 1040. The molecule has 0 amide bonds. The summed E-state index contributed by atoms with van der Waals surface area (Å²) in [4.78, 5) is 23.3. The molecule has 0 unspecified atom stereocenters. The van der Waals surface area contributed by atoms with E-state index in [1.165, 1.54) is 23.1 Å². The second-order valence-electron chi connectivity index (χ2n) is 7.12. The molecule has 1 aromatic carbocycles. The van der Waals surface area contributed by atoms with E-state index < -0.39 is 5.60 Å². The molecule has 0 bridgehead atoms. The van der Waals surface area contributed by atoms with Crippen molar-refractivity contribution in [3.05, 3.63) is 45.9 Å². The second kappa shape index (κ2) is 8.39. The van der Waals surface area contributed by atoms with Crippen LogP contribution >= 0.6 is 23.1 Å². The molecule has 1 fully saturated rings. The number of rotatable bonds is 6. The number of carbonyl (C=O) groups excluding carboxylic acids is 1. The van der Waals surface area contributed by atoms with E-state index in [0.29, 0.717) is 23.5 Å². The minimum Gasteiger partial charge on any atom is -0.497 e. The fourth-order valence-electron chi connectivity index (χ4n) is 3.46. The van der Waals surface area contributed by atoms with Gasteiger partial charge in [0.05, 0.1) is 23.3 Å². The van der Waals surface area contributed by atoms with Crippen molar-refractivity contribution in [2.75, 3.05) is 26.0 Å². The molecule has 4 rings (SSSR count). The van der Waals surface area contributed by atoms with Gasteiger partial charge in [0.15, 0.2) is 5.78 Å². The highest BCUT2D eigenvalue weighted by Crippen LogP contribution is 2.36. The Morgan fingerprint density at radius 1 is 1.28 bits per heavy atom. The summed E-state index contributed by atoms with van der Waals surface area (Å²) in [5, 5.41) is 15.8. The molecule has 0 spiro atoms. The quantitative estimate of drug-likeness (QED) is 0.352. The van der Waals surface area contributed by atoms with Crippen molar-refractivity contribution in [2.24, 2.45) is 0 Å². The number of methoxy groups -OCH3 is 1. The molecule has 152 valence electrons. The largest absolute Gasteiger partial charge is 0.497 e. The topological polar surface area (TPSA) is 84.3 Å². The average Bonchev–Trinajstić information content (AvgIpc) is 3.23. The molecular weight excluding hydrogens is 406 g/mol.